The Hall–Kier alpha value is -4.33. The number of ether oxygens (including phenoxy) is 1. The predicted molar refractivity (Wildman–Crippen MR) is 164 cm³/mol. The number of thiazole rings is 1. The van der Waals surface area contributed by atoms with Crippen molar-refractivity contribution in [1.29, 1.82) is 0 Å². The summed E-state index contributed by atoms with van der Waals surface area (Å²) in [4.78, 5) is 33.3. The van der Waals surface area contributed by atoms with Crippen LogP contribution in [0.1, 0.15) is 17.0 Å². The molecule has 2 heterocycles. The molecule has 0 unspecified atom stereocenters. The standard InChI is InChI=1S/C29H33N5O2S.C2HF3O2/c1-21-15-24(11-12-30-21)23-9-10-28(36-14-13-34(2)3)26(17-23)33-29(35)27(16-22-7-5-4-6-8-22)31-18-25-19-37-20-32-25;3-2(4,5)1(6)7/h4-12,15,17,19-20,27,31H,13-14,16,18H2,1-3H3,(H,33,35);(H,6,7)/t27-;/m0./s1. The maximum absolute atomic E-state index is 13.6. The van der Waals surface area contributed by atoms with Crippen molar-refractivity contribution in [2.75, 3.05) is 32.6 Å². The van der Waals surface area contributed by atoms with E-state index in [9.17, 15) is 18.0 Å². The van der Waals surface area contributed by atoms with E-state index < -0.39 is 18.2 Å². The number of alkyl halides is 3. The van der Waals surface area contributed by atoms with E-state index in [0.29, 0.717) is 31.0 Å². The minimum atomic E-state index is -5.08. The average molecular weight is 630 g/mol. The van der Waals surface area contributed by atoms with Crippen LogP contribution in [0.3, 0.4) is 0 Å². The largest absolute Gasteiger partial charge is 0.490 e. The fourth-order valence-electron chi connectivity index (χ4n) is 3.88. The number of nitrogens with one attached hydrogen (secondary N) is 2. The first kappa shape index (κ1) is 34.2. The topological polar surface area (TPSA) is 117 Å². The van der Waals surface area contributed by atoms with Crippen molar-refractivity contribution >= 4 is 28.9 Å². The maximum atomic E-state index is 13.6. The number of pyridine rings is 1. The molecule has 234 valence electrons. The zero-order valence-corrected chi connectivity index (χ0v) is 25.3. The first-order valence-electron chi connectivity index (χ1n) is 13.5. The normalized spacial score (nSPS) is 11.8. The van der Waals surface area contributed by atoms with Crippen molar-refractivity contribution in [2.24, 2.45) is 0 Å². The zero-order valence-electron chi connectivity index (χ0n) is 24.5. The van der Waals surface area contributed by atoms with E-state index >= 15 is 0 Å². The van der Waals surface area contributed by atoms with Gasteiger partial charge in [-0.1, -0.05) is 36.4 Å². The van der Waals surface area contributed by atoms with Crippen LogP contribution in [0.4, 0.5) is 18.9 Å². The number of carbonyl (C=O) groups excluding carboxylic acids is 1. The van der Waals surface area contributed by atoms with Gasteiger partial charge in [0.25, 0.3) is 0 Å². The summed E-state index contributed by atoms with van der Waals surface area (Å²) in [6.07, 6.45) is -2.74. The SMILES string of the molecule is Cc1cc(-c2ccc(OCCN(C)C)c(NC(=O)[C@H](Cc3ccccc3)NCc3cscn3)c2)ccn1.O=C(O)C(F)(F)F. The minimum absolute atomic E-state index is 0.125. The van der Waals surface area contributed by atoms with Gasteiger partial charge < -0.3 is 20.1 Å². The number of aryl methyl sites for hydroxylation is 1. The van der Waals surface area contributed by atoms with Gasteiger partial charge in [-0.3, -0.25) is 15.1 Å². The molecule has 0 aliphatic rings. The Morgan fingerprint density at radius 2 is 1.75 bits per heavy atom. The first-order valence-corrected chi connectivity index (χ1v) is 14.5. The van der Waals surface area contributed by atoms with E-state index in [1.165, 1.54) is 0 Å². The van der Waals surface area contributed by atoms with Crippen molar-refractivity contribution in [3.05, 3.63) is 94.7 Å². The van der Waals surface area contributed by atoms with Gasteiger partial charge in [0.15, 0.2) is 0 Å². The van der Waals surface area contributed by atoms with Gasteiger partial charge in [-0.2, -0.15) is 13.2 Å². The molecule has 0 fully saturated rings. The molecule has 1 amide bonds. The van der Waals surface area contributed by atoms with E-state index in [4.69, 9.17) is 14.6 Å². The second-order valence-corrected chi connectivity index (χ2v) is 10.7. The van der Waals surface area contributed by atoms with Crippen molar-refractivity contribution in [1.82, 2.24) is 20.2 Å². The molecule has 3 N–H and O–H groups in total. The summed E-state index contributed by atoms with van der Waals surface area (Å²) in [7, 11) is 4.01. The van der Waals surface area contributed by atoms with E-state index in [-0.39, 0.29) is 5.91 Å². The summed E-state index contributed by atoms with van der Waals surface area (Å²) in [5.41, 5.74) is 7.39. The van der Waals surface area contributed by atoms with E-state index in [2.05, 4.69) is 25.5 Å². The Morgan fingerprint density at radius 3 is 2.36 bits per heavy atom. The van der Waals surface area contributed by atoms with Crippen LogP contribution in [0.25, 0.3) is 11.1 Å². The summed E-state index contributed by atoms with van der Waals surface area (Å²) >= 11 is 1.54. The van der Waals surface area contributed by atoms with Crippen molar-refractivity contribution in [3.8, 4) is 16.9 Å². The molecule has 9 nitrogen and oxygen atoms in total. The number of carboxylic acid groups (broad SMARTS) is 1. The number of hydrogen-bond donors (Lipinski definition) is 3. The van der Waals surface area contributed by atoms with Crippen LogP contribution < -0.4 is 15.4 Å². The van der Waals surface area contributed by atoms with Gasteiger partial charge >= 0.3 is 12.1 Å². The number of aliphatic carboxylic acids is 1. The molecule has 0 aliphatic carbocycles. The molecule has 0 bridgehead atoms. The van der Waals surface area contributed by atoms with Crippen LogP contribution in [0.2, 0.25) is 0 Å². The van der Waals surface area contributed by atoms with Gasteiger partial charge in [-0.25, -0.2) is 9.78 Å². The predicted octanol–water partition coefficient (Wildman–Crippen LogP) is 5.43. The Morgan fingerprint density at radius 1 is 1.05 bits per heavy atom. The number of carboxylic acids is 1. The molecule has 0 spiro atoms. The maximum Gasteiger partial charge on any atom is 0.490 e. The zero-order chi connectivity index (χ0) is 32.1. The quantitative estimate of drug-likeness (QED) is 0.190. The highest BCUT2D eigenvalue weighted by Crippen LogP contribution is 2.31. The number of rotatable bonds is 12. The molecule has 44 heavy (non-hydrogen) atoms. The van der Waals surface area contributed by atoms with Crippen molar-refractivity contribution in [2.45, 2.75) is 32.1 Å². The van der Waals surface area contributed by atoms with Crippen molar-refractivity contribution < 1.29 is 32.6 Å². The Bertz CT molecular complexity index is 1490. The van der Waals surface area contributed by atoms with Crippen LogP contribution in [-0.4, -0.2) is 71.3 Å². The number of benzene rings is 2. The third kappa shape index (κ3) is 11.4. The summed E-state index contributed by atoms with van der Waals surface area (Å²) in [5, 5.41) is 15.7. The van der Waals surface area contributed by atoms with Gasteiger partial charge in [-0.15, -0.1) is 11.3 Å². The van der Waals surface area contributed by atoms with E-state index in [1.54, 1.807) is 23.0 Å². The fraction of sp³-hybridized carbons (Fsp3) is 0.290. The number of halogens is 3. The summed E-state index contributed by atoms with van der Waals surface area (Å²) < 4.78 is 37.8. The molecule has 13 heteroatoms. The van der Waals surface area contributed by atoms with Crippen molar-refractivity contribution in [3.63, 3.8) is 0 Å². The lowest BCUT2D eigenvalue weighted by Gasteiger charge is -2.21. The number of amides is 1. The van der Waals surface area contributed by atoms with Gasteiger partial charge in [0, 0.05) is 30.4 Å². The molecule has 0 radical (unpaired) electrons. The van der Waals surface area contributed by atoms with Gasteiger partial charge in [0.2, 0.25) is 5.91 Å². The number of aromatic nitrogens is 2. The summed E-state index contributed by atoms with van der Waals surface area (Å²) in [6, 6.07) is 19.5. The highest BCUT2D eigenvalue weighted by atomic mass is 32.1. The van der Waals surface area contributed by atoms with Crippen LogP contribution >= 0.6 is 11.3 Å². The number of nitrogens with zero attached hydrogens (tertiary/aromatic N) is 3. The second-order valence-electron chi connectivity index (χ2n) is 9.94. The molecular formula is C31H34F3N5O4S. The Balaban J connectivity index is 0.000000676. The van der Waals surface area contributed by atoms with Gasteiger partial charge in [-0.05, 0) is 68.4 Å². The molecule has 1 atom stereocenters. The number of likely N-dealkylation sites (N-methyl/N-ethyl adjacent to an activating group) is 1. The summed E-state index contributed by atoms with van der Waals surface area (Å²) in [6.45, 7) is 3.76. The van der Waals surface area contributed by atoms with Crippen LogP contribution in [0, 0.1) is 6.92 Å². The molecular weight excluding hydrogens is 595 g/mol. The number of carbonyl (C=O) groups is 2. The first-order chi connectivity index (χ1) is 20.9. The number of anilines is 1. The van der Waals surface area contributed by atoms with E-state index in [0.717, 1.165) is 34.6 Å². The third-order valence-electron chi connectivity index (χ3n) is 6.12. The molecule has 4 aromatic rings. The van der Waals surface area contributed by atoms with Crippen LogP contribution in [0.5, 0.6) is 5.75 Å². The lowest BCUT2D eigenvalue weighted by Crippen LogP contribution is -2.42. The number of hydrogen-bond acceptors (Lipinski definition) is 8. The van der Waals surface area contributed by atoms with E-state index in [1.807, 2.05) is 87.1 Å². The third-order valence-corrected chi connectivity index (χ3v) is 6.75. The monoisotopic (exact) mass is 629 g/mol. The summed E-state index contributed by atoms with van der Waals surface area (Å²) in [5.74, 6) is -2.24. The molecule has 0 saturated carbocycles. The molecule has 4 rings (SSSR count). The Kier molecular flexibility index (Phi) is 12.8. The molecule has 0 saturated heterocycles. The van der Waals surface area contributed by atoms with Crippen LogP contribution in [0.15, 0.2) is 77.8 Å². The lowest BCUT2D eigenvalue weighted by molar-refractivity contribution is -0.192. The smallest absolute Gasteiger partial charge is 0.490 e. The average Bonchev–Trinajstić information content (AvgIpc) is 3.50. The molecule has 0 aliphatic heterocycles. The van der Waals surface area contributed by atoms with Crippen LogP contribution in [-0.2, 0) is 22.6 Å². The fourth-order valence-corrected chi connectivity index (χ4v) is 4.43. The Labute approximate surface area is 257 Å². The highest BCUT2D eigenvalue weighted by molar-refractivity contribution is 7.07. The van der Waals surface area contributed by atoms with Gasteiger partial charge in [0.1, 0.15) is 12.4 Å². The lowest BCUT2D eigenvalue weighted by atomic mass is 10.0. The van der Waals surface area contributed by atoms with Gasteiger partial charge in [0.05, 0.1) is 22.9 Å². The molecule has 2 aromatic carbocycles. The second kappa shape index (κ2) is 16.5. The molecule has 2 aromatic heterocycles. The highest BCUT2D eigenvalue weighted by Gasteiger charge is 2.38. The minimum Gasteiger partial charge on any atom is -0.490 e.